The maximum absolute atomic E-state index is 10.1. The topological polar surface area (TPSA) is 35.9 Å². The third-order valence-corrected chi connectivity index (χ3v) is 4.02. The molecule has 0 aromatic heterocycles. The molecule has 21 heavy (non-hydrogen) atoms. The number of rotatable bonds is 6. The minimum Gasteiger partial charge on any atom is -0.491 e. The van der Waals surface area contributed by atoms with E-state index in [9.17, 15) is 5.11 Å². The van der Waals surface area contributed by atoms with Gasteiger partial charge in [-0.1, -0.05) is 13.0 Å². The lowest BCUT2D eigenvalue weighted by atomic mass is 10.1. The van der Waals surface area contributed by atoms with Crippen molar-refractivity contribution in [2.75, 3.05) is 45.9 Å². The Morgan fingerprint density at radius 1 is 1.05 bits per heavy atom. The predicted molar refractivity (Wildman–Crippen MR) is 86.0 cm³/mol. The van der Waals surface area contributed by atoms with Crippen molar-refractivity contribution in [2.45, 2.75) is 26.9 Å². The van der Waals surface area contributed by atoms with Gasteiger partial charge in [-0.2, -0.15) is 0 Å². The molecule has 0 bridgehead atoms. The number of benzene rings is 1. The number of likely N-dealkylation sites (N-methyl/N-ethyl adjacent to an activating group) is 1. The minimum atomic E-state index is -0.431. The highest BCUT2D eigenvalue weighted by atomic mass is 16.5. The molecule has 4 nitrogen and oxygen atoms in total. The van der Waals surface area contributed by atoms with Crippen LogP contribution in [0.5, 0.6) is 5.75 Å². The summed E-state index contributed by atoms with van der Waals surface area (Å²) in [6, 6.07) is 6.15. The van der Waals surface area contributed by atoms with Crippen LogP contribution in [-0.2, 0) is 0 Å². The maximum Gasteiger partial charge on any atom is 0.119 e. The Morgan fingerprint density at radius 2 is 1.62 bits per heavy atom. The van der Waals surface area contributed by atoms with Gasteiger partial charge in [0.05, 0.1) is 0 Å². The Hall–Kier alpha value is -1.10. The first kappa shape index (κ1) is 16.3. The summed E-state index contributed by atoms with van der Waals surface area (Å²) in [6.45, 7) is 12.8. The number of aliphatic hydroxyl groups is 1. The fraction of sp³-hybridized carbons (Fsp3) is 0.647. The van der Waals surface area contributed by atoms with E-state index in [1.807, 2.05) is 12.1 Å². The molecule has 1 aromatic carbocycles. The van der Waals surface area contributed by atoms with E-state index < -0.39 is 6.10 Å². The van der Waals surface area contributed by atoms with E-state index >= 15 is 0 Å². The van der Waals surface area contributed by atoms with Gasteiger partial charge in [0, 0.05) is 32.7 Å². The molecule has 0 spiro atoms. The molecule has 2 rings (SSSR count). The number of hydrogen-bond acceptors (Lipinski definition) is 4. The highest BCUT2D eigenvalue weighted by Crippen LogP contribution is 2.16. The first-order valence-electron chi connectivity index (χ1n) is 7.90. The Balaban J connectivity index is 1.73. The summed E-state index contributed by atoms with van der Waals surface area (Å²) in [6.07, 6.45) is -0.431. The van der Waals surface area contributed by atoms with Gasteiger partial charge in [0.1, 0.15) is 18.5 Å². The molecule has 1 saturated heterocycles. The van der Waals surface area contributed by atoms with E-state index in [0.29, 0.717) is 13.2 Å². The van der Waals surface area contributed by atoms with Crippen LogP contribution in [0, 0.1) is 13.8 Å². The Kier molecular flexibility index (Phi) is 6.03. The normalized spacial score (nSPS) is 18.7. The van der Waals surface area contributed by atoms with Crippen LogP contribution in [0.3, 0.4) is 0 Å². The number of nitrogens with zero attached hydrogens (tertiary/aromatic N) is 2. The van der Waals surface area contributed by atoms with Crippen LogP contribution < -0.4 is 4.74 Å². The maximum atomic E-state index is 10.1. The van der Waals surface area contributed by atoms with E-state index in [2.05, 4.69) is 36.6 Å². The molecule has 0 saturated carbocycles. The van der Waals surface area contributed by atoms with Gasteiger partial charge in [0.15, 0.2) is 0 Å². The number of aliphatic hydroxyl groups excluding tert-OH is 1. The van der Waals surface area contributed by atoms with Crippen LogP contribution in [0.1, 0.15) is 18.1 Å². The molecular weight excluding hydrogens is 264 g/mol. The van der Waals surface area contributed by atoms with E-state index in [-0.39, 0.29) is 0 Å². The molecule has 4 heteroatoms. The zero-order valence-electron chi connectivity index (χ0n) is 13.5. The molecule has 0 amide bonds. The number of hydrogen-bond donors (Lipinski definition) is 1. The van der Waals surface area contributed by atoms with Gasteiger partial charge in [-0.25, -0.2) is 0 Å². The van der Waals surface area contributed by atoms with Crippen molar-refractivity contribution in [3.63, 3.8) is 0 Å². The van der Waals surface area contributed by atoms with Crippen LogP contribution in [0.2, 0.25) is 0 Å². The van der Waals surface area contributed by atoms with E-state index in [1.165, 1.54) is 11.1 Å². The summed E-state index contributed by atoms with van der Waals surface area (Å²) >= 11 is 0. The van der Waals surface area contributed by atoms with Crippen LogP contribution in [0.15, 0.2) is 18.2 Å². The third kappa shape index (κ3) is 5.30. The lowest BCUT2D eigenvalue weighted by Gasteiger charge is -2.34. The summed E-state index contributed by atoms with van der Waals surface area (Å²) in [5, 5.41) is 10.1. The molecule has 118 valence electrons. The van der Waals surface area contributed by atoms with Gasteiger partial charge in [0.25, 0.3) is 0 Å². The second-order valence-corrected chi connectivity index (χ2v) is 6.02. The van der Waals surface area contributed by atoms with E-state index in [1.54, 1.807) is 0 Å². The van der Waals surface area contributed by atoms with Crippen molar-refractivity contribution in [2.24, 2.45) is 0 Å². The smallest absolute Gasteiger partial charge is 0.119 e. The summed E-state index contributed by atoms with van der Waals surface area (Å²) in [5.41, 5.74) is 2.38. The van der Waals surface area contributed by atoms with Crippen molar-refractivity contribution < 1.29 is 9.84 Å². The summed E-state index contributed by atoms with van der Waals surface area (Å²) in [4.78, 5) is 4.76. The molecule has 1 atom stereocenters. The molecule has 0 aliphatic carbocycles. The quantitative estimate of drug-likeness (QED) is 0.865. The van der Waals surface area contributed by atoms with Gasteiger partial charge < -0.3 is 14.7 Å². The fourth-order valence-electron chi connectivity index (χ4n) is 2.85. The Labute approximate surface area is 128 Å². The fourth-order valence-corrected chi connectivity index (χ4v) is 2.85. The van der Waals surface area contributed by atoms with Crippen LogP contribution in [0.4, 0.5) is 0 Å². The van der Waals surface area contributed by atoms with Crippen molar-refractivity contribution in [3.8, 4) is 5.75 Å². The number of β-amino-alcohol motifs (C(OH)–C–C–N with tert-alkyl or cyclic N) is 1. The molecule has 1 heterocycles. The molecule has 1 aromatic rings. The molecule has 1 aliphatic heterocycles. The lowest BCUT2D eigenvalue weighted by molar-refractivity contribution is 0.0470. The Morgan fingerprint density at radius 3 is 2.19 bits per heavy atom. The zero-order chi connectivity index (χ0) is 15.2. The van der Waals surface area contributed by atoms with Crippen molar-refractivity contribution >= 4 is 0 Å². The summed E-state index contributed by atoms with van der Waals surface area (Å²) < 4.78 is 5.73. The molecule has 1 aliphatic rings. The van der Waals surface area contributed by atoms with E-state index in [4.69, 9.17) is 4.74 Å². The van der Waals surface area contributed by atoms with E-state index in [0.717, 1.165) is 38.5 Å². The molecule has 0 radical (unpaired) electrons. The Bertz CT molecular complexity index is 422. The van der Waals surface area contributed by atoms with Gasteiger partial charge in [0.2, 0.25) is 0 Å². The first-order chi connectivity index (χ1) is 10.1. The van der Waals surface area contributed by atoms with Crippen LogP contribution >= 0.6 is 0 Å². The zero-order valence-corrected chi connectivity index (χ0v) is 13.5. The van der Waals surface area contributed by atoms with Gasteiger partial charge in [-0.3, -0.25) is 4.90 Å². The number of ether oxygens (including phenoxy) is 1. The monoisotopic (exact) mass is 292 g/mol. The minimum absolute atomic E-state index is 0.358. The highest BCUT2D eigenvalue weighted by molar-refractivity contribution is 5.32. The summed E-state index contributed by atoms with van der Waals surface area (Å²) in [5.74, 6) is 0.849. The lowest BCUT2D eigenvalue weighted by Crippen LogP contribution is -2.49. The molecule has 1 N–H and O–H groups in total. The largest absolute Gasteiger partial charge is 0.491 e. The molecule has 0 unspecified atom stereocenters. The van der Waals surface area contributed by atoms with Crippen molar-refractivity contribution in [1.29, 1.82) is 0 Å². The average molecular weight is 292 g/mol. The van der Waals surface area contributed by atoms with Crippen molar-refractivity contribution in [1.82, 2.24) is 9.80 Å². The second-order valence-electron chi connectivity index (χ2n) is 6.02. The average Bonchev–Trinajstić information content (AvgIpc) is 2.45. The molecule has 1 fully saturated rings. The standard InChI is InChI=1S/C17H28N2O2/c1-4-18-5-7-19(8-6-18)12-16(20)13-21-17-10-14(2)9-15(3)11-17/h9-11,16,20H,4-8,12-13H2,1-3H3/t16-/m0/s1. The third-order valence-electron chi connectivity index (χ3n) is 4.02. The number of aryl methyl sites for hydroxylation is 2. The first-order valence-corrected chi connectivity index (χ1v) is 7.90. The molecular formula is C17H28N2O2. The highest BCUT2D eigenvalue weighted by Gasteiger charge is 2.18. The van der Waals surface area contributed by atoms with Gasteiger partial charge >= 0.3 is 0 Å². The van der Waals surface area contributed by atoms with Crippen LogP contribution in [-0.4, -0.2) is 66.9 Å². The predicted octanol–water partition coefficient (Wildman–Crippen LogP) is 1.68. The van der Waals surface area contributed by atoms with Gasteiger partial charge in [-0.05, 0) is 43.7 Å². The van der Waals surface area contributed by atoms with Crippen molar-refractivity contribution in [3.05, 3.63) is 29.3 Å². The SMILES string of the molecule is CCN1CCN(C[C@H](O)COc2cc(C)cc(C)c2)CC1. The summed E-state index contributed by atoms with van der Waals surface area (Å²) in [7, 11) is 0. The number of piperazine rings is 1. The van der Waals surface area contributed by atoms with Crippen LogP contribution in [0.25, 0.3) is 0 Å². The second kappa shape index (κ2) is 7.78. The van der Waals surface area contributed by atoms with Gasteiger partial charge in [-0.15, -0.1) is 0 Å².